The standard InChI is InChI=1S/C62H76N20O12/c1-75(2)20-12-17-63-56(86)43-25-38(32-76(43)3)69-58(88)45-23-36(30-78(45)5)67-52(84)15-18-64-57(87)44-26-39(33-77(44)4)70-59(89)46-24-37(31-79(46)6)68-53(85)16-19-65-60(90)54-73-50(35-80(54)7)74-61(91)55-72-49(34-81(55)8)71-51(83)14-11-22-94-48-28-42-41(27-47(48)93-9)62(92)82-21-10-13-40(82)29-66-42/h23-35,40H,10-22H2,1-9H3,(H,63,86)(H,64,87)(H,65,90)(H,67,84)(H,68,85)(H,69,88)(H,70,89)(H,71,83)(H,74,91)/t40-/m0/s1. The first-order valence-electron chi connectivity index (χ1n) is 30.2. The van der Waals surface area contributed by atoms with E-state index in [9.17, 15) is 47.9 Å². The number of carbonyl (C=O) groups is 10. The van der Waals surface area contributed by atoms with Gasteiger partial charge in [-0.2, -0.15) is 0 Å². The summed E-state index contributed by atoms with van der Waals surface area (Å²) in [4.78, 5) is 148. The van der Waals surface area contributed by atoms with Crippen molar-refractivity contribution in [3.63, 3.8) is 0 Å². The van der Waals surface area contributed by atoms with Crippen molar-refractivity contribution in [1.29, 1.82) is 0 Å². The van der Waals surface area contributed by atoms with Crippen molar-refractivity contribution in [3.05, 3.63) is 114 Å². The molecule has 496 valence electrons. The Kier molecular flexibility index (Phi) is 21.2. The molecule has 0 unspecified atom stereocenters. The SMILES string of the molecule is COc1cc2c(cc1OCCCC(=O)Nc1cn(C)c(C(=O)Nc3cn(C)c(C(=O)NCCC(=O)Nc4cc(C(=O)Nc5cc(C(=O)NCCC(=O)Nc6cc(C(=O)Nc7cc(C(=O)NCCCN(C)C)n(C)c7)n(C)c6)n(C)c5)n(C)c4)n3)n1)N=C[C@@H]1CCCN1C2=O. The molecule has 0 bridgehead atoms. The van der Waals surface area contributed by atoms with E-state index in [1.54, 1.807) is 88.2 Å². The van der Waals surface area contributed by atoms with E-state index in [1.807, 2.05) is 23.9 Å². The average Bonchev–Trinajstić information content (AvgIpc) is 1.56. The molecular weight excluding hydrogens is 1220 g/mol. The number of hydrogen-bond donors (Lipinski definition) is 9. The first-order valence-corrected chi connectivity index (χ1v) is 30.2. The van der Waals surface area contributed by atoms with Crippen molar-refractivity contribution in [2.24, 2.45) is 47.3 Å². The summed E-state index contributed by atoms with van der Waals surface area (Å²) in [5.74, 6) is -3.65. The normalized spacial score (nSPS) is 13.1. The van der Waals surface area contributed by atoms with Gasteiger partial charge in [0, 0.05) is 137 Å². The molecule has 6 aromatic heterocycles. The van der Waals surface area contributed by atoms with Gasteiger partial charge in [-0.05, 0) is 76.7 Å². The van der Waals surface area contributed by atoms with Crippen molar-refractivity contribution >= 4 is 105 Å². The third-order valence-corrected chi connectivity index (χ3v) is 15.3. The minimum Gasteiger partial charge on any atom is -0.493 e. The molecule has 9 rings (SSSR count). The van der Waals surface area contributed by atoms with Gasteiger partial charge in [-0.25, -0.2) is 9.97 Å². The van der Waals surface area contributed by atoms with Gasteiger partial charge < -0.3 is 94.5 Å². The molecule has 1 aromatic carbocycles. The predicted molar refractivity (Wildman–Crippen MR) is 347 cm³/mol. The van der Waals surface area contributed by atoms with Gasteiger partial charge in [0.2, 0.25) is 29.4 Å². The summed E-state index contributed by atoms with van der Waals surface area (Å²) in [6.45, 7) is 2.03. The number of aliphatic imine (C=N–C) groups is 1. The maximum absolute atomic E-state index is 13.4. The summed E-state index contributed by atoms with van der Waals surface area (Å²) < 4.78 is 20.5. The summed E-state index contributed by atoms with van der Waals surface area (Å²) in [7, 11) is 15.1. The second-order valence-electron chi connectivity index (χ2n) is 22.9. The number of imidazole rings is 2. The van der Waals surface area contributed by atoms with Crippen LogP contribution in [0.3, 0.4) is 0 Å². The van der Waals surface area contributed by atoms with Gasteiger partial charge in [-0.3, -0.25) is 52.9 Å². The first-order chi connectivity index (χ1) is 44.9. The molecule has 1 saturated heterocycles. The van der Waals surface area contributed by atoms with E-state index in [2.05, 4.69) is 62.8 Å². The van der Waals surface area contributed by atoms with Gasteiger partial charge in [0.25, 0.3) is 41.4 Å². The number of fused-ring (bicyclic) bond motifs is 2. The van der Waals surface area contributed by atoms with Crippen molar-refractivity contribution in [2.45, 2.75) is 51.0 Å². The number of nitrogens with zero attached hydrogens (tertiary/aromatic N) is 11. The van der Waals surface area contributed by atoms with Crippen LogP contribution in [0.15, 0.2) is 78.6 Å². The Morgan fingerprint density at radius 2 is 1.00 bits per heavy atom. The highest BCUT2D eigenvalue weighted by molar-refractivity contribution is 6.08. The zero-order valence-corrected chi connectivity index (χ0v) is 53.6. The molecule has 94 heavy (non-hydrogen) atoms. The number of methoxy groups -OCH3 is 1. The summed E-state index contributed by atoms with van der Waals surface area (Å²) in [5, 5.41) is 24.5. The minimum atomic E-state index is -0.671. The molecule has 32 nitrogen and oxygen atoms in total. The average molecular weight is 1290 g/mol. The van der Waals surface area contributed by atoms with Gasteiger partial charge >= 0.3 is 0 Å². The Bertz CT molecular complexity index is 4100. The highest BCUT2D eigenvalue weighted by atomic mass is 16.5. The summed E-state index contributed by atoms with van der Waals surface area (Å²) in [6.07, 6.45) is 13.6. The van der Waals surface area contributed by atoms with Crippen LogP contribution in [0, 0.1) is 0 Å². The maximum Gasteiger partial charge on any atom is 0.292 e. The van der Waals surface area contributed by atoms with E-state index in [1.165, 1.54) is 68.4 Å². The Morgan fingerprint density at radius 1 is 0.521 bits per heavy atom. The van der Waals surface area contributed by atoms with Gasteiger partial charge in [0.15, 0.2) is 23.1 Å². The van der Waals surface area contributed by atoms with E-state index in [-0.39, 0.29) is 103 Å². The van der Waals surface area contributed by atoms with Crippen LogP contribution in [0.1, 0.15) is 118 Å². The fraction of sp³-hybridized carbons (Fsp3) is 0.371. The zero-order chi connectivity index (χ0) is 67.5. The fourth-order valence-electron chi connectivity index (χ4n) is 10.6. The Hall–Kier alpha value is -11.3. The number of anilines is 6. The van der Waals surface area contributed by atoms with Crippen molar-refractivity contribution in [3.8, 4) is 11.5 Å². The molecule has 9 N–H and O–H groups in total. The molecule has 1 fully saturated rings. The van der Waals surface area contributed by atoms with Crippen LogP contribution in [0.4, 0.5) is 40.1 Å². The number of aryl methyl sites for hydroxylation is 6. The monoisotopic (exact) mass is 1290 g/mol. The number of aromatic nitrogens is 8. The van der Waals surface area contributed by atoms with Crippen molar-refractivity contribution in [2.75, 3.05) is 92.4 Å². The number of benzene rings is 1. The minimum absolute atomic E-state index is 0.0327. The highest BCUT2D eigenvalue weighted by Gasteiger charge is 2.33. The van der Waals surface area contributed by atoms with Crippen molar-refractivity contribution < 1.29 is 57.4 Å². The third-order valence-electron chi connectivity index (χ3n) is 15.3. The summed E-state index contributed by atoms with van der Waals surface area (Å²) in [5.41, 5.74) is 3.29. The van der Waals surface area contributed by atoms with E-state index in [0.29, 0.717) is 70.7 Å². The molecule has 8 heterocycles. The van der Waals surface area contributed by atoms with Gasteiger partial charge in [-0.1, -0.05) is 0 Å². The molecule has 0 aliphatic carbocycles. The third kappa shape index (κ3) is 16.6. The van der Waals surface area contributed by atoms with Crippen LogP contribution >= 0.6 is 0 Å². The molecule has 32 heteroatoms. The molecular formula is C62H76N20O12. The lowest BCUT2D eigenvalue weighted by molar-refractivity contribution is -0.117. The molecule has 0 saturated carbocycles. The Morgan fingerprint density at radius 3 is 1.53 bits per heavy atom. The lowest BCUT2D eigenvalue weighted by atomic mass is 10.1. The van der Waals surface area contributed by atoms with Crippen molar-refractivity contribution in [1.82, 2.24) is 63.1 Å². The summed E-state index contributed by atoms with van der Waals surface area (Å²) in [6, 6.07) is 9.27. The number of carbonyl (C=O) groups excluding carboxylic acids is 10. The molecule has 2 aliphatic heterocycles. The Balaban J connectivity index is 0.662. The maximum atomic E-state index is 13.4. The molecule has 0 spiro atoms. The molecule has 10 amide bonds. The summed E-state index contributed by atoms with van der Waals surface area (Å²) >= 11 is 0. The van der Waals surface area contributed by atoms with Gasteiger partial charge in [0.1, 0.15) is 22.8 Å². The van der Waals surface area contributed by atoms with Gasteiger partial charge in [0.05, 0.1) is 53.8 Å². The second kappa shape index (κ2) is 29.8. The Labute approximate surface area is 539 Å². The zero-order valence-electron chi connectivity index (χ0n) is 53.6. The largest absolute Gasteiger partial charge is 0.493 e. The number of ether oxygens (including phenoxy) is 2. The molecule has 0 radical (unpaired) electrons. The number of hydrogen-bond acceptors (Lipinski definition) is 16. The molecule has 2 aliphatic rings. The number of rotatable bonds is 28. The van der Waals surface area contributed by atoms with Crippen LogP contribution in [0.2, 0.25) is 0 Å². The highest BCUT2D eigenvalue weighted by Crippen LogP contribution is 2.38. The van der Waals surface area contributed by atoms with Crippen LogP contribution in [0.5, 0.6) is 11.5 Å². The smallest absolute Gasteiger partial charge is 0.292 e. The van der Waals surface area contributed by atoms with E-state index in [0.717, 1.165) is 25.8 Å². The molecule has 7 aromatic rings. The van der Waals surface area contributed by atoms with Crippen LogP contribution < -0.4 is 57.3 Å². The molecule has 1 atom stereocenters. The van der Waals surface area contributed by atoms with E-state index >= 15 is 0 Å². The topological polar surface area (TPSA) is 372 Å². The fourth-order valence-corrected chi connectivity index (χ4v) is 10.6. The first kappa shape index (κ1) is 67.1. The predicted octanol–water partition coefficient (Wildman–Crippen LogP) is 3.59. The number of amides is 10. The second-order valence-corrected chi connectivity index (χ2v) is 22.9. The van der Waals surface area contributed by atoms with E-state index < -0.39 is 41.4 Å². The van der Waals surface area contributed by atoms with Gasteiger partial charge in [-0.15, -0.1) is 0 Å². The van der Waals surface area contributed by atoms with E-state index in [4.69, 9.17) is 9.47 Å². The number of nitrogens with one attached hydrogen (secondary N) is 9. The van der Waals surface area contributed by atoms with Crippen LogP contribution in [-0.4, -0.2) is 179 Å². The lowest BCUT2D eigenvalue weighted by Crippen LogP contribution is -2.35. The van der Waals surface area contributed by atoms with Crippen LogP contribution in [-0.2, 0) is 56.7 Å². The quantitative estimate of drug-likeness (QED) is 0.0317. The van der Waals surface area contributed by atoms with Crippen LogP contribution in [0.25, 0.3) is 0 Å². The lowest BCUT2D eigenvalue weighted by Gasteiger charge is -2.20.